The van der Waals surface area contributed by atoms with Crippen molar-refractivity contribution >= 4 is 46.4 Å². The third kappa shape index (κ3) is 5.85. The monoisotopic (exact) mass is 366 g/mol. The van der Waals surface area contributed by atoms with Crippen LogP contribution in [0.4, 0.5) is 11.4 Å². The predicted octanol–water partition coefficient (Wildman–Crippen LogP) is 2.09. The second-order valence-corrected chi connectivity index (χ2v) is 6.24. The molecule has 2 aromatic rings. The van der Waals surface area contributed by atoms with Crippen molar-refractivity contribution in [1.82, 2.24) is 0 Å². The molecule has 2 amide bonds. The molecule has 0 radical (unpaired) electrons. The summed E-state index contributed by atoms with van der Waals surface area (Å²) in [5, 5.41) is 6.57. The Bertz CT molecular complexity index is 720. The maximum absolute atomic E-state index is 12.0. The number of rotatable bonds is 6. The summed E-state index contributed by atoms with van der Waals surface area (Å²) in [6, 6.07) is 13.8. The normalized spacial score (nSPS) is 11.6. The van der Waals surface area contributed by atoms with Crippen LogP contribution in [0.1, 0.15) is 0 Å². The molecular formula is C17H18Cl2N3O2+. The van der Waals surface area contributed by atoms with Gasteiger partial charge >= 0.3 is 0 Å². The average molecular weight is 367 g/mol. The summed E-state index contributed by atoms with van der Waals surface area (Å²) >= 11 is 11.8. The lowest BCUT2D eigenvalue weighted by molar-refractivity contribution is -0.862. The topological polar surface area (TPSA) is 62.6 Å². The van der Waals surface area contributed by atoms with Gasteiger partial charge in [0.15, 0.2) is 13.1 Å². The summed E-state index contributed by atoms with van der Waals surface area (Å²) in [5.41, 5.74) is 1.22. The number of benzene rings is 2. The summed E-state index contributed by atoms with van der Waals surface area (Å²) in [5.74, 6) is -0.389. The first kappa shape index (κ1) is 18.3. The van der Waals surface area contributed by atoms with E-state index in [1.54, 1.807) is 55.6 Å². The van der Waals surface area contributed by atoms with Crippen molar-refractivity contribution in [2.45, 2.75) is 0 Å². The molecule has 0 saturated carbocycles. The predicted molar refractivity (Wildman–Crippen MR) is 96.8 cm³/mol. The van der Waals surface area contributed by atoms with Gasteiger partial charge in [-0.1, -0.05) is 35.3 Å². The van der Waals surface area contributed by atoms with Crippen molar-refractivity contribution in [2.75, 3.05) is 30.8 Å². The van der Waals surface area contributed by atoms with Gasteiger partial charge in [0.1, 0.15) is 0 Å². The molecule has 3 N–H and O–H groups in total. The minimum Gasteiger partial charge on any atom is -0.322 e. The van der Waals surface area contributed by atoms with E-state index >= 15 is 0 Å². The summed E-state index contributed by atoms with van der Waals surface area (Å²) in [6.45, 7) is 0.317. The SMILES string of the molecule is C[NH+](CC(=O)Nc1ccc(Cl)cc1)CC(=O)Nc1ccccc1Cl. The van der Waals surface area contributed by atoms with Gasteiger partial charge in [0.05, 0.1) is 17.8 Å². The lowest BCUT2D eigenvalue weighted by atomic mass is 10.3. The van der Waals surface area contributed by atoms with Gasteiger partial charge in [-0.3, -0.25) is 9.59 Å². The Morgan fingerprint density at radius 2 is 1.50 bits per heavy atom. The summed E-state index contributed by atoms with van der Waals surface area (Å²) in [7, 11) is 1.77. The number of amides is 2. The first-order chi connectivity index (χ1) is 11.4. The summed E-state index contributed by atoms with van der Waals surface area (Å²) in [6.07, 6.45) is 0. The van der Waals surface area contributed by atoms with Crippen LogP contribution in [0.2, 0.25) is 10.0 Å². The van der Waals surface area contributed by atoms with Crippen molar-refractivity contribution in [3.63, 3.8) is 0 Å². The van der Waals surface area contributed by atoms with E-state index in [0.29, 0.717) is 21.4 Å². The number of quaternary nitrogens is 1. The quantitative estimate of drug-likeness (QED) is 0.732. The van der Waals surface area contributed by atoms with Crippen LogP contribution in [0.5, 0.6) is 0 Å². The molecule has 0 fully saturated rings. The number of carbonyl (C=O) groups is 2. The molecule has 0 aliphatic carbocycles. The fraction of sp³-hybridized carbons (Fsp3) is 0.176. The number of hydrogen-bond acceptors (Lipinski definition) is 2. The fourth-order valence-electron chi connectivity index (χ4n) is 2.11. The molecule has 0 spiro atoms. The van der Waals surface area contributed by atoms with E-state index in [1.807, 2.05) is 0 Å². The smallest absolute Gasteiger partial charge is 0.279 e. The van der Waals surface area contributed by atoms with Gasteiger partial charge < -0.3 is 15.5 Å². The van der Waals surface area contributed by atoms with Crippen molar-refractivity contribution < 1.29 is 14.5 Å². The highest BCUT2D eigenvalue weighted by Crippen LogP contribution is 2.19. The average Bonchev–Trinajstić information content (AvgIpc) is 2.51. The van der Waals surface area contributed by atoms with Gasteiger partial charge in [0.25, 0.3) is 11.8 Å². The number of hydrogen-bond donors (Lipinski definition) is 3. The molecule has 0 aromatic heterocycles. The second-order valence-electron chi connectivity index (χ2n) is 5.39. The number of para-hydroxylation sites is 1. The highest BCUT2D eigenvalue weighted by molar-refractivity contribution is 6.33. The van der Waals surface area contributed by atoms with Gasteiger partial charge in [-0.25, -0.2) is 0 Å². The molecule has 126 valence electrons. The van der Waals surface area contributed by atoms with Gasteiger partial charge in [0.2, 0.25) is 0 Å². The van der Waals surface area contributed by atoms with Crippen molar-refractivity contribution in [3.8, 4) is 0 Å². The molecule has 0 aliphatic rings. The van der Waals surface area contributed by atoms with Gasteiger partial charge in [-0.2, -0.15) is 0 Å². The Morgan fingerprint density at radius 3 is 2.12 bits per heavy atom. The van der Waals surface area contributed by atoms with Gasteiger partial charge in [-0.15, -0.1) is 0 Å². The van der Waals surface area contributed by atoms with E-state index < -0.39 is 0 Å². The summed E-state index contributed by atoms with van der Waals surface area (Å²) in [4.78, 5) is 24.8. The Kier molecular flexibility index (Phi) is 6.61. The largest absolute Gasteiger partial charge is 0.322 e. The Balaban J connectivity index is 1.80. The minimum absolute atomic E-state index is 0.152. The van der Waals surface area contributed by atoms with E-state index in [0.717, 1.165) is 4.90 Å². The van der Waals surface area contributed by atoms with E-state index in [9.17, 15) is 9.59 Å². The number of anilines is 2. The van der Waals surface area contributed by atoms with Crippen LogP contribution in [-0.4, -0.2) is 32.0 Å². The molecule has 24 heavy (non-hydrogen) atoms. The third-order valence-corrected chi connectivity index (χ3v) is 3.78. The minimum atomic E-state index is -0.208. The van der Waals surface area contributed by atoms with E-state index in [2.05, 4.69) is 10.6 Å². The zero-order valence-corrected chi connectivity index (χ0v) is 14.6. The molecule has 0 aliphatic heterocycles. The molecule has 0 saturated heterocycles. The molecule has 0 bridgehead atoms. The number of carbonyl (C=O) groups excluding carboxylic acids is 2. The van der Waals surface area contributed by atoms with Crippen molar-refractivity contribution in [3.05, 3.63) is 58.6 Å². The number of halogens is 2. The molecule has 0 heterocycles. The van der Waals surface area contributed by atoms with Crippen molar-refractivity contribution in [2.24, 2.45) is 0 Å². The molecular weight excluding hydrogens is 349 g/mol. The lowest BCUT2D eigenvalue weighted by Gasteiger charge is -2.14. The van der Waals surface area contributed by atoms with Crippen LogP contribution in [0, 0.1) is 0 Å². The molecule has 5 nitrogen and oxygen atoms in total. The van der Waals surface area contributed by atoms with Crippen LogP contribution in [0.25, 0.3) is 0 Å². The number of nitrogens with one attached hydrogen (secondary N) is 3. The molecule has 1 atom stereocenters. The molecule has 2 aromatic carbocycles. The summed E-state index contributed by atoms with van der Waals surface area (Å²) < 4.78 is 0. The third-order valence-electron chi connectivity index (χ3n) is 3.20. The maximum atomic E-state index is 12.0. The van der Waals surface area contributed by atoms with Crippen LogP contribution < -0.4 is 15.5 Å². The van der Waals surface area contributed by atoms with E-state index in [-0.39, 0.29) is 24.9 Å². The second kappa shape index (κ2) is 8.68. The van der Waals surface area contributed by atoms with Crippen molar-refractivity contribution in [1.29, 1.82) is 0 Å². The maximum Gasteiger partial charge on any atom is 0.279 e. The van der Waals surface area contributed by atoms with Gasteiger partial charge in [-0.05, 0) is 36.4 Å². The van der Waals surface area contributed by atoms with E-state index in [4.69, 9.17) is 23.2 Å². The highest BCUT2D eigenvalue weighted by Gasteiger charge is 2.15. The van der Waals surface area contributed by atoms with E-state index in [1.165, 1.54) is 0 Å². The Hall–Kier alpha value is -2.08. The zero-order valence-electron chi connectivity index (χ0n) is 13.1. The van der Waals surface area contributed by atoms with Crippen LogP contribution in [0.3, 0.4) is 0 Å². The zero-order chi connectivity index (χ0) is 17.5. The Labute approximate surface area is 150 Å². The van der Waals surface area contributed by atoms with Crippen LogP contribution >= 0.6 is 23.2 Å². The first-order valence-electron chi connectivity index (χ1n) is 7.35. The number of likely N-dealkylation sites (N-methyl/N-ethyl adjacent to an activating group) is 1. The standard InChI is InChI=1S/C17H17Cl2N3O2/c1-22(10-16(23)20-13-8-6-12(18)7-9-13)11-17(24)21-15-5-3-2-4-14(15)19/h2-9H,10-11H2,1H3,(H,20,23)(H,21,24)/p+1. The first-order valence-corrected chi connectivity index (χ1v) is 8.11. The molecule has 7 heteroatoms. The van der Waals surface area contributed by atoms with Gasteiger partial charge in [0, 0.05) is 10.7 Å². The molecule has 1 unspecified atom stereocenters. The Morgan fingerprint density at radius 1 is 0.917 bits per heavy atom. The molecule has 2 rings (SSSR count). The highest BCUT2D eigenvalue weighted by atomic mass is 35.5. The fourth-order valence-corrected chi connectivity index (χ4v) is 2.42. The lowest BCUT2D eigenvalue weighted by Crippen LogP contribution is -3.11. The van der Waals surface area contributed by atoms with Crippen LogP contribution in [0.15, 0.2) is 48.5 Å². The van der Waals surface area contributed by atoms with Crippen LogP contribution in [-0.2, 0) is 9.59 Å².